The van der Waals surface area contributed by atoms with Crippen LogP contribution in [0.3, 0.4) is 0 Å². The minimum atomic E-state index is -0.387. The van der Waals surface area contributed by atoms with Gasteiger partial charge in [0.15, 0.2) is 0 Å². The van der Waals surface area contributed by atoms with Crippen LogP contribution in [0.25, 0.3) is 22.0 Å². The Balaban J connectivity index is 1.29. The number of benzene rings is 2. The molecule has 0 unspecified atom stereocenters. The van der Waals surface area contributed by atoms with E-state index in [1.54, 1.807) is 13.4 Å². The highest BCUT2D eigenvalue weighted by Crippen LogP contribution is 2.33. The zero-order valence-electron chi connectivity index (χ0n) is 21.2. The molecule has 5 rings (SSSR count). The van der Waals surface area contributed by atoms with Crippen molar-refractivity contribution in [2.75, 3.05) is 31.6 Å². The van der Waals surface area contributed by atoms with Crippen LogP contribution in [0.4, 0.5) is 10.6 Å². The molecule has 0 bridgehead atoms. The van der Waals surface area contributed by atoms with Gasteiger partial charge < -0.3 is 19.7 Å². The monoisotopic (exact) mass is 497 g/mol. The highest BCUT2D eigenvalue weighted by molar-refractivity contribution is 5.95. The van der Waals surface area contributed by atoms with Gasteiger partial charge in [-0.2, -0.15) is 0 Å². The zero-order valence-corrected chi connectivity index (χ0v) is 21.2. The molecule has 8 nitrogen and oxygen atoms in total. The number of pyridine rings is 1. The molecule has 0 saturated carbocycles. The van der Waals surface area contributed by atoms with E-state index >= 15 is 0 Å². The normalized spacial score (nSPS) is 15.4. The number of hydrogen-bond donors (Lipinski definition) is 1. The molecule has 8 heteroatoms. The van der Waals surface area contributed by atoms with Crippen molar-refractivity contribution in [2.24, 2.45) is 5.92 Å². The number of methoxy groups -OCH3 is 1. The van der Waals surface area contributed by atoms with Crippen LogP contribution >= 0.6 is 0 Å². The number of nitrogens with zero attached hydrogens (tertiary/aromatic N) is 4. The van der Waals surface area contributed by atoms with Crippen LogP contribution in [0.5, 0.6) is 5.88 Å². The highest BCUT2D eigenvalue weighted by Gasteiger charge is 2.24. The van der Waals surface area contributed by atoms with E-state index in [1.807, 2.05) is 48.7 Å². The number of amides is 1. The van der Waals surface area contributed by atoms with E-state index in [0.717, 1.165) is 64.9 Å². The fourth-order valence-corrected chi connectivity index (χ4v) is 4.85. The van der Waals surface area contributed by atoms with Crippen LogP contribution in [0.1, 0.15) is 24.0 Å². The average Bonchev–Trinajstić information content (AvgIpc) is 2.95. The van der Waals surface area contributed by atoms with Gasteiger partial charge in [0.1, 0.15) is 18.8 Å². The number of alkyl carbamates (subject to hydrolysis) is 1. The van der Waals surface area contributed by atoms with E-state index in [-0.39, 0.29) is 12.7 Å². The third-order valence-corrected chi connectivity index (χ3v) is 6.75. The zero-order chi connectivity index (χ0) is 25.6. The predicted octanol–water partition coefficient (Wildman–Crippen LogP) is 5.15. The summed E-state index contributed by atoms with van der Waals surface area (Å²) in [5, 5.41) is 3.96. The number of fused-ring (bicyclic) bond motifs is 1. The topological polar surface area (TPSA) is 89.5 Å². The van der Waals surface area contributed by atoms with Crippen molar-refractivity contribution in [2.45, 2.75) is 26.4 Å². The van der Waals surface area contributed by atoms with Crippen LogP contribution in [0.2, 0.25) is 0 Å². The SMILES string of the molecule is COc1ccc(-c2cc(C)c3ncnc(N4CCC[C@@H](CNC(=O)OCc5ccccc5)C4)c3c2)cn1. The lowest BCUT2D eigenvalue weighted by Crippen LogP contribution is -2.41. The minimum Gasteiger partial charge on any atom is -0.481 e. The Hall–Kier alpha value is -4.20. The Labute approximate surface area is 216 Å². The van der Waals surface area contributed by atoms with Crippen molar-refractivity contribution in [1.82, 2.24) is 20.3 Å². The molecule has 1 amide bonds. The van der Waals surface area contributed by atoms with Gasteiger partial charge in [-0.05, 0) is 60.6 Å². The van der Waals surface area contributed by atoms with Gasteiger partial charge in [0.05, 0.1) is 12.6 Å². The number of ether oxygens (including phenoxy) is 2. The smallest absolute Gasteiger partial charge is 0.407 e. The van der Waals surface area contributed by atoms with E-state index in [2.05, 4.69) is 39.2 Å². The first kappa shape index (κ1) is 24.5. The summed E-state index contributed by atoms with van der Waals surface area (Å²) in [6, 6.07) is 17.8. The number of hydrogen-bond acceptors (Lipinski definition) is 7. The van der Waals surface area contributed by atoms with E-state index in [1.165, 1.54) is 0 Å². The summed E-state index contributed by atoms with van der Waals surface area (Å²) in [5.41, 5.74) is 5.07. The summed E-state index contributed by atoms with van der Waals surface area (Å²) >= 11 is 0. The molecule has 4 aromatic rings. The maximum atomic E-state index is 12.3. The molecule has 0 aliphatic carbocycles. The number of rotatable bonds is 7. The molecule has 1 fully saturated rings. The molecule has 3 heterocycles. The third kappa shape index (κ3) is 5.80. The first-order valence-electron chi connectivity index (χ1n) is 12.6. The second-order valence-electron chi connectivity index (χ2n) is 9.37. The minimum absolute atomic E-state index is 0.266. The maximum absolute atomic E-state index is 12.3. The van der Waals surface area contributed by atoms with Crippen LogP contribution < -0.4 is 15.0 Å². The number of carbonyl (C=O) groups excluding carboxylic acids is 1. The molecule has 0 spiro atoms. The summed E-state index contributed by atoms with van der Waals surface area (Å²) in [7, 11) is 1.61. The van der Waals surface area contributed by atoms with E-state index in [9.17, 15) is 4.79 Å². The Morgan fingerprint density at radius 1 is 1.08 bits per heavy atom. The Morgan fingerprint density at radius 2 is 1.95 bits per heavy atom. The highest BCUT2D eigenvalue weighted by atomic mass is 16.5. The Kier molecular flexibility index (Phi) is 7.44. The largest absolute Gasteiger partial charge is 0.481 e. The molecule has 1 aliphatic heterocycles. The van der Waals surface area contributed by atoms with E-state index < -0.39 is 0 Å². The number of aromatic nitrogens is 3. The van der Waals surface area contributed by atoms with Gasteiger partial charge in [-0.25, -0.2) is 19.7 Å². The standard InChI is InChI=1S/C29H31N5O3/c1-20-13-24(23-10-11-26(36-2)30-16-23)14-25-27(20)32-19-33-28(25)34-12-6-9-22(17-34)15-31-29(35)37-18-21-7-4-3-5-8-21/h3-5,7-8,10-11,13-14,16,19,22H,6,9,12,15,17-18H2,1-2H3,(H,31,35)/t22-/m0/s1. The molecule has 1 N–H and O–H groups in total. The Bertz CT molecular complexity index is 1360. The fraction of sp³-hybridized carbons (Fsp3) is 0.310. The van der Waals surface area contributed by atoms with Gasteiger partial charge in [-0.1, -0.05) is 30.3 Å². The lowest BCUT2D eigenvalue weighted by atomic mass is 9.97. The molecular weight excluding hydrogens is 466 g/mol. The van der Waals surface area contributed by atoms with Crippen LogP contribution in [-0.2, 0) is 11.3 Å². The van der Waals surface area contributed by atoms with Crippen LogP contribution in [-0.4, -0.2) is 47.8 Å². The van der Waals surface area contributed by atoms with Crippen molar-refractivity contribution >= 4 is 22.8 Å². The number of anilines is 1. The van der Waals surface area contributed by atoms with Crippen molar-refractivity contribution in [3.63, 3.8) is 0 Å². The summed E-state index contributed by atoms with van der Waals surface area (Å²) < 4.78 is 10.6. The first-order chi connectivity index (χ1) is 18.1. The molecule has 1 saturated heterocycles. The van der Waals surface area contributed by atoms with Crippen molar-refractivity contribution < 1.29 is 14.3 Å². The lowest BCUT2D eigenvalue weighted by molar-refractivity contribution is 0.137. The first-order valence-corrected chi connectivity index (χ1v) is 12.6. The second kappa shape index (κ2) is 11.2. The fourth-order valence-electron chi connectivity index (χ4n) is 4.85. The summed E-state index contributed by atoms with van der Waals surface area (Å²) in [4.78, 5) is 28.2. The van der Waals surface area contributed by atoms with Crippen LogP contribution in [0.15, 0.2) is 67.1 Å². The molecule has 1 atom stereocenters. The lowest BCUT2D eigenvalue weighted by Gasteiger charge is -2.34. The number of carbonyl (C=O) groups is 1. The van der Waals surface area contributed by atoms with Gasteiger partial charge in [0.2, 0.25) is 5.88 Å². The second-order valence-corrected chi connectivity index (χ2v) is 9.37. The summed E-state index contributed by atoms with van der Waals surface area (Å²) in [5.74, 6) is 1.81. The molecule has 2 aromatic carbocycles. The van der Waals surface area contributed by atoms with Crippen LogP contribution in [0, 0.1) is 12.8 Å². The van der Waals surface area contributed by atoms with Gasteiger partial charge in [-0.15, -0.1) is 0 Å². The molecule has 190 valence electrons. The quantitative estimate of drug-likeness (QED) is 0.378. The van der Waals surface area contributed by atoms with Crippen molar-refractivity contribution in [3.8, 4) is 17.0 Å². The van der Waals surface area contributed by atoms with E-state index in [0.29, 0.717) is 18.3 Å². The predicted molar refractivity (Wildman–Crippen MR) is 144 cm³/mol. The van der Waals surface area contributed by atoms with Gasteiger partial charge in [0.25, 0.3) is 0 Å². The number of aryl methyl sites for hydroxylation is 1. The molecule has 0 radical (unpaired) electrons. The molecule has 37 heavy (non-hydrogen) atoms. The summed E-state index contributed by atoms with van der Waals surface area (Å²) in [6.45, 7) is 4.62. The van der Waals surface area contributed by atoms with Crippen molar-refractivity contribution in [3.05, 3.63) is 78.2 Å². The molecule has 1 aliphatic rings. The third-order valence-electron chi connectivity index (χ3n) is 6.75. The maximum Gasteiger partial charge on any atom is 0.407 e. The number of nitrogens with one attached hydrogen (secondary N) is 1. The summed E-state index contributed by atoms with van der Waals surface area (Å²) in [6.07, 6.45) is 5.14. The van der Waals surface area contributed by atoms with Gasteiger partial charge >= 0.3 is 6.09 Å². The van der Waals surface area contributed by atoms with E-state index in [4.69, 9.17) is 14.5 Å². The van der Waals surface area contributed by atoms with Crippen molar-refractivity contribution in [1.29, 1.82) is 0 Å². The average molecular weight is 498 g/mol. The molecular formula is C29H31N5O3. The number of piperidine rings is 1. The molecule has 2 aromatic heterocycles. The Morgan fingerprint density at radius 3 is 2.73 bits per heavy atom. The van der Waals surface area contributed by atoms with Gasteiger partial charge in [0, 0.05) is 42.8 Å². The van der Waals surface area contributed by atoms with Gasteiger partial charge in [-0.3, -0.25) is 0 Å².